The van der Waals surface area contributed by atoms with E-state index in [4.69, 9.17) is 18.0 Å². The van der Waals surface area contributed by atoms with E-state index in [1.807, 2.05) is 6.92 Å². The first-order valence-corrected chi connectivity index (χ1v) is 6.26. The molecule has 1 aromatic heterocycles. The molecule has 1 unspecified atom stereocenters. The standard InChI is InChI=1S/C12H18N4OS/c1-3-6-15-12(17)8(2)16-11-9(10(13)18)5-4-7-14-11/h4-5,7-8H,3,6H2,1-2H3,(H2,13,18)(H,14,16)(H,15,17). The van der Waals surface area contributed by atoms with Crippen molar-refractivity contribution in [1.29, 1.82) is 0 Å². The first-order chi connectivity index (χ1) is 8.56. The van der Waals surface area contributed by atoms with E-state index in [2.05, 4.69) is 15.6 Å². The second kappa shape index (κ2) is 6.90. The number of nitrogens with two attached hydrogens (primary N) is 1. The predicted octanol–water partition coefficient (Wildman–Crippen LogP) is 1.04. The fourth-order valence-electron chi connectivity index (χ4n) is 1.39. The predicted molar refractivity (Wildman–Crippen MR) is 76.5 cm³/mol. The van der Waals surface area contributed by atoms with E-state index in [-0.39, 0.29) is 16.9 Å². The molecule has 1 atom stereocenters. The SMILES string of the molecule is CCCNC(=O)C(C)Nc1ncccc1C(N)=S. The zero-order chi connectivity index (χ0) is 13.5. The minimum absolute atomic E-state index is 0.0728. The van der Waals surface area contributed by atoms with Crippen LogP contribution in [0.15, 0.2) is 18.3 Å². The maximum atomic E-state index is 11.7. The van der Waals surface area contributed by atoms with Gasteiger partial charge in [0.2, 0.25) is 5.91 Å². The monoisotopic (exact) mass is 266 g/mol. The van der Waals surface area contributed by atoms with Crippen molar-refractivity contribution in [1.82, 2.24) is 10.3 Å². The number of anilines is 1. The molecule has 0 aliphatic carbocycles. The van der Waals surface area contributed by atoms with E-state index < -0.39 is 0 Å². The third-order valence-electron chi connectivity index (χ3n) is 2.37. The molecule has 5 nitrogen and oxygen atoms in total. The van der Waals surface area contributed by atoms with Crippen LogP contribution in [0.25, 0.3) is 0 Å². The number of pyridine rings is 1. The van der Waals surface area contributed by atoms with Crippen molar-refractivity contribution in [2.45, 2.75) is 26.3 Å². The topological polar surface area (TPSA) is 80.0 Å². The van der Waals surface area contributed by atoms with Crippen LogP contribution in [0, 0.1) is 0 Å². The molecular formula is C12H18N4OS. The summed E-state index contributed by atoms with van der Waals surface area (Å²) in [5.74, 6) is 0.459. The molecule has 0 aliphatic heterocycles. The molecule has 0 bridgehead atoms. The average Bonchev–Trinajstić information content (AvgIpc) is 2.36. The number of rotatable bonds is 6. The number of nitrogens with zero attached hydrogens (tertiary/aromatic N) is 1. The molecule has 4 N–H and O–H groups in total. The van der Waals surface area contributed by atoms with Crippen molar-refractivity contribution < 1.29 is 4.79 Å². The van der Waals surface area contributed by atoms with Gasteiger partial charge in [-0.05, 0) is 25.5 Å². The van der Waals surface area contributed by atoms with Gasteiger partial charge in [0.25, 0.3) is 0 Å². The Bertz CT molecular complexity index is 436. The maximum Gasteiger partial charge on any atom is 0.242 e. The van der Waals surface area contributed by atoms with Gasteiger partial charge in [-0.2, -0.15) is 0 Å². The summed E-state index contributed by atoms with van der Waals surface area (Å²) in [7, 11) is 0. The highest BCUT2D eigenvalue weighted by Gasteiger charge is 2.14. The highest BCUT2D eigenvalue weighted by atomic mass is 32.1. The largest absolute Gasteiger partial charge is 0.389 e. The van der Waals surface area contributed by atoms with Crippen LogP contribution in [0.2, 0.25) is 0 Å². The Kier molecular flexibility index (Phi) is 5.51. The Morgan fingerprint density at radius 3 is 2.94 bits per heavy atom. The number of hydrogen-bond donors (Lipinski definition) is 3. The van der Waals surface area contributed by atoms with Crippen LogP contribution in [0.5, 0.6) is 0 Å². The molecule has 0 saturated carbocycles. The van der Waals surface area contributed by atoms with Crippen LogP contribution in [-0.4, -0.2) is 28.5 Å². The van der Waals surface area contributed by atoms with E-state index in [1.54, 1.807) is 25.3 Å². The molecule has 0 spiro atoms. The molecule has 1 aromatic rings. The minimum Gasteiger partial charge on any atom is -0.389 e. The molecule has 0 radical (unpaired) electrons. The third-order valence-corrected chi connectivity index (χ3v) is 2.59. The quantitative estimate of drug-likeness (QED) is 0.670. The molecule has 18 heavy (non-hydrogen) atoms. The van der Waals surface area contributed by atoms with Crippen LogP contribution in [-0.2, 0) is 4.79 Å². The molecule has 1 rings (SSSR count). The summed E-state index contributed by atoms with van der Waals surface area (Å²) < 4.78 is 0. The molecule has 98 valence electrons. The second-order valence-corrected chi connectivity index (χ2v) is 4.36. The van der Waals surface area contributed by atoms with Gasteiger partial charge in [-0.25, -0.2) is 4.98 Å². The lowest BCUT2D eigenvalue weighted by Gasteiger charge is -2.16. The summed E-state index contributed by atoms with van der Waals surface area (Å²) in [4.78, 5) is 16.1. The Balaban J connectivity index is 2.72. The molecule has 0 aliphatic rings. The lowest BCUT2D eigenvalue weighted by molar-refractivity contribution is -0.121. The summed E-state index contributed by atoms with van der Waals surface area (Å²) in [5.41, 5.74) is 6.24. The minimum atomic E-state index is -0.389. The third kappa shape index (κ3) is 3.96. The lowest BCUT2D eigenvalue weighted by Crippen LogP contribution is -2.38. The molecule has 6 heteroatoms. The van der Waals surface area contributed by atoms with Gasteiger partial charge in [0.1, 0.15) is 16.8 Å². The number of hydrogen-bond acceptors (Lipinski definition) is 4. The summed E-state index contributed by atoms with van der Waals surface area (Å²) in [6.45, 7) is 4.43. The summed E-state index contributed by atoms with van der Waals surface area (Å²) in [6, 6.07) is 3.13. The van der Waals surface area contributed by atoms with Gasteiger partial charge in [-0.3, -0.25) is 4.79 Å². The Labute approximate surface area is 112 Å². The number of aromatic nitrogens is 1. The van der Waals surface area contributed by atoms with Crippen molar-refractivity contribution in [2.75, 3.05) is 11.9 Å². The second-order valence-electron chi connectivity index (χ2n) is 3.92. The highest BCUT2D eigenvalue weighted by Crippen LogP contribution is 2.12. The molecule has 0 aromatic carbocycles. The van der Waals surface area contributed by atoms with Crippen LogP contribution < -0.4 is 16.4 Å². The fourth-order valence-corrected chi connectivity index (χ4v) is 1.56. The number of nitrogens with one attached hydrogen (secondary N) is 2. The molecule has 1 amide bonds. The van der Waals surface area contributed by atoms with Crippen molar-refractivity contribution >= 4 is 28.9 Å². The van der Waals surface area contributed by atoms with Crippen molar-refractivity contribution in [3.05, 3.63) is 23.9 Å². The summed E-state index contributed by atoms with van der Waals surface area (Å²) >= 11 is 4.94. The lowest BCUT2D eigenvalue weighted by atomic mass is 10.2. The number of carbonyl (C=O) groups is 1. The Morgan fingerprint density at radius 2 is 2.33 bits per heavy atom. The number of thiocarbonyl (C=S) groups is 1. The van der Waals surface area contributed by atoms with Crippen LogP contribution in [0.1, 0.15) is 25.8 Å². The van der Waals surface area contributed by atoms with Gasteiger partial charge < -0.3 is 16.4 Å². The first-order valence-electron chi connectivity index (χ1n) is 5.85. The van der Waals surface area contributed by atoms with Crippen LogP contribution in [0.3, 0.4) is 0 Å². The van der Waals surface area contributed by atoms with Gasteiger partial charge in [-0.15, -0.1) is 0 Å². The molecular weight excluding hydrogens is 248 g/mol. The van der Waals surface area contributed by atoms with Crippen LogP contribution >= 0.6 is 12.2 Å². The highest BCUT2D eigenvalue weighted by molar-refractivity contribution is 7.80. The van der Waals surface area contributed by atoms with Gasteiger partial charge >= 0.3 is 0 Å². The zero-order valence-corrected chi connectivity index (χ0v) is 11.4. The van der Waals surface area contributed by atoms with Gasteiger partial charge in [0.05, 0.1) is 5.56 Å². The van der Waals surface area contributed by atoms with Gasteiger partial charge in [-0.1, -0.05) is 19.1 Å². The first kappa shape index (κ1) is 14.4. The zero-order valence-electron chi connectivity index (χ0n) is 10.6. The molecule has 0 saturated heterocycles. The van der Waals surface area contributed by atoms with E-state index in [9.17, 15) is 4.79 Å². The van der Waals surface area contributed by atoms with Crippen molar-refractivity contribution in [3.8, 4) is 0 Å². The molecule has 1 heterocycles. The smallest absolute Gasteiger partial charge is 0.242 e. The fraction of sp³-hybridized carbons (Fsp3) is 0.417. The van der Waals surface area contributed by atoms with E-state index >= 15 is 0 Å². The Morgan fingerprint density at radius 1 is 1.61 bits per heavy atom. The van der Waals surface area contributed by atoms with Crippen LogP contribution in [0.4, 0.5) is 5.82 Å². The van der Waals surface area contributed by atoms with Gasteiger partial charge in [0.15, 0.2) is 0 Å². The number of carbonyl (C=O) groups excluding carboxylic acids is 1. The van der Waals surface area contributed by atoms with Crippen molar-refractivity contribution in [2.24, 2.45) is 5.73 Å². The van der Waals surface area contributed by atoms with Crippen molar-refractivity contribution in [3.63, 3.8) is 0 Å². The summed E-state index contributed by atoms with van der Waals surface area (Å²) in [5, 5.41) is 5.82. The Hall–Kier alpha value is -1.69. The summed E-state index contributed by atoms with van der Waals surface area (Å²) in [6.07, 6.45) is 2.53. The average molecular weight is 266 g/mol. The van der Waals surface area contributed by atoms with E-state index in [0.29, 0.717) is 17.9 Å². The van der Waals surface area contributed by atoms with Gasteiger partial charge in [0, 0.05) is 12.7 Å². The van der Waals surface area contributed by atoms with E-state index in [0.717, 1.165) is 6.42 Å². The van der Waals surface area contributed by atoms with E-state index in [1.165, 1.54) is 0 Å². The number of amides is 1. The maximum absolute atomic E-state index is 11.7. The molecule has 0 fully saturated rings. The normalized spacial score (nSPS) is 11.7.